The van der Waals surface area contributed by atoms with Gasteiger partial charge in [0.2, 0.25) is 21.8 Å². The molecule has 1 aliphatic rings. The van der Waals surface area contributed by atoms with Crippen LogP contribution in [-0.4, -0.2) is 50.0 Å². The van der Waals surface area contributed by atoms with Crippen LogP contribution in [0.2, 0.25) is 10.0 Å². The zero-order valence-corrected chi connectivity index (χ0v) is 24.1. The highest BCUT2D eigenvalue weighted by atomic mass is 35.5. The molecule has 0 unspecified atom stereocenters. The number of amides is 2. The Hall–Kier alpha value is -2.29. The molecule has 2 aromatic rings. The number of benzene rings is 2. The van der Waals surface area contributed by atoms with Gasteiger partial charge in [-0.05, 0) is 68.5 Å². The fraction of sp³-hybridized carbons (Fsp3) is 0.481. The third kappa shape index (κ3) is 7.85. The van der Waals surface area contributed by atoms with Crippen molar-refractivity contribution in [3.63, 3.8) is 0 Å². The molecule has 1 aliphatic carbocycles. The van der Waals surface area contributed by atoms with Gasteiger partial charge in [0, 0.05) is 12.6 Å². The van der Waals surface area contributed by atoms with E-state index in [0.29, 0.717) is 21.3 Å². The molecule has 2 aromatic carbocycles. The highest BCUT2D eigenvalue weighted by Gasteiger charge is 2.31. The number of anilines is 1. The van der Waals surface area contributed by atoms with Gasteiger partial charge in [-0.3, -0.25) is 13.9 Å². The Kier molecular flexibility index (Phi) is 9.89. The maximum absolute atomic E-state index is 13.7. The molecule has 1 fully saturated rings. The summed E-state index contributed by atoms with van der Waals surface area (Å²) in [5, 5.41) is 3.79. The molecule has 1 saturated carbocycles. The van der Waals surface area contributed by atoms with Crippen LogP contribution in [0.4, 0.5) is 5.69 Å². The summed E-state index contributed by atoms with van der Waals surface area (Å²) < 4.78 is 26.7. The zero-order chi connectivity index (χ0) is 27.3. The van der Waals surface area contributed by atoms with Gasteiger partial charge < -0.3 is 10.2 Å². The third-order valence-electron chi connectivity index (χ3n) is 6.77. The van der Waals surface area contributed by atoms with Crippen molar-refractivity contribution in [1.82, 2.24) is 10.2 Å². The number of sulfonamides is 1. The second kappa shape index (κ2) is 12.5. The fourth-order valence-corrected chi connectivity index (χ4v) is 5.79. The number of nitrogens with one attached hydrogen (secondary N) is 1. The van der Waals surface area contributed by atoms with Crippen molar-refractivity contribution in [1.29, 1.82) is 0 Å². The number of aryl methyl sites for hydroxylation is 2. The molecule has 0 heterocycles. The van der Waals surface area contributed by atoms with Gasteiger partial charge in [0.05, 0.1) is 22.0 Å². The summed E-state index contributed by atoms with van der Waals surface area (Å²) in [5.41, 5.74) is 2.71. The number of carbonyl (C=O) groups excluding carboxylic acids is 2. The van der Waals surface area contributed by atoms with E-state index >= 15 is 0 Å². The average molecular weight is 569 g/mol. The Bertz CT molecular complexity index is 1250. The van der Waals surface area contributed by atoms with E-state index in [1.54, 1.807) is 38.1 Å². The summed E-state index contributed by atoms with van der Waals surface area (Å²) in [6, 6.07) is 9.71. The van der Waals surface area contributed by atoms with Crippen molar-refractivity contribution in [2.75, 3.05) is 17.1 Å². The largest absolute Gasteiger partial charge is 0.352 e. The first-order valence-electron chi connectivity index (χ1n) is 12.5. The summed E-state index contributed by atoms with van der Waals surface area (Å²) in [5.74, 6) is -0.762. The lowest BCUT2D eigenvalue weighted by molar-refractivity contribution is -0.139. The first kappa shape index (κ1) is 29.3. The van der Waals surface area contributed by atoms with Crippen LogP contribution in [0.5, 0.6) is 0 Å². The van der Waals surface area contributed by atoms with Gasteiger partial charge in [-0.15, -0.1) is 0 Å². The Balaban J connectivity index is 1.92. The van der Waals surface area contributed by atoms with E-state index in [0.717, 1.165) is 53.8 Å². The summed E-state index contributed by atoms with van der Waals surface area (Å²) in [6.45, 7) is 4.95. The molecule has 0 radical (unpaired) electrons. The van der Waals surface area contributed by atoms with Gasteiger partial charge in [-0.25, -0.2) is 8.42 Å². The molecule has 1 N–H and O–H groups in total. The van der Waals surface area contributed by atoms with Crippen molar-refractivity contribution in [2.24, 2.45) is 0 Å². The number of rotatable bonds is 9. The van der Waals surface area contributed by atoms with Crippen LogP contribution < -0.4 is 9.62 Å². The highest BCUT2D eigenvalue weighted by molar-refractivity contribution is 7.92. The van der Waals surface area contributed by atoms with E-state index in [1.807, 2.05) is 19.1 Å². The van der Waals surface area contributed by atoms with Crippen molar-refractivity contribution in [2.45, 2.75) is 71.5 Å². The quantitative estimate of drug-likeness (QED) is 0.448. The number of hydrogen-bond acceptors (Lipinski definition) is 4. The van der Waals surface area contributed by atoms with Crippen LogP contribution in [0.3, 0.4) is 0 Å². The molecule has 7 nitrogen and oxygen atoms in total. The predicted octanol–water partition coefficient (Wildman–Crippen LogP) is 5.24. The molecule has 0 bridgehead atoms. The molecule has 0 aliphatic heterocycles. The minimum Gasteiger partial charge on any atom is -0.352 e. The Morgan fingerprint density at radius 2 is 1.70 bits per heavy atom. The topological polar surface area (TPSA) is 86.8 Å². The van der Waals surface area contributed by atoms with Crippen molar-refractivity contribution < 1.29 is 18.0 Å². The second-order valence-electron chi connectivity index (χ2n) is 9.85. The van der Waals surface area contributed by atoms with Crippen molar-refractivity contribution >= 4 is 50.7 Å². The lowest BCUT2D eigenvalue weighted by Crippen LogP contribution is -2.53. The van der Waals surface area contributed by atoms with Crippen LogP contribution in [0.25, 0.3) is 0 Å². The third-order valence-corrected chi connectivity index (χ3v) is 8.63. The molecule has 3 rings (SSSR count). The van der Waals surface area contributed by atoms with Crippen LogP contribution in [-0.2, 0) is 26.2 Å². The first-order chi connectivity index (χ1) is 17.4. The van der Waals surface area contributed by atoms with E-state index in [-0.39, 0.29) is 18.5 Å². The minimum absolute atomic E-state index is 0.0688. The SMILES string of the molecule is Cc1ccc(C)c(N(CC(=O)N(Cc2ccc(Cl)c(Cl)c2)[C@H](C)C(=O)NC2CCCCC2)S(C)(=O)=O)c1. The number of carbonyl (C=O) groups is 2. The van der Waals surface area contributed by atoms with Gasteiger partial charge >= 0.3 is 0 Å². The molecule has 0 saturated heterocycles. The van der Waals surface area contributed by atoms with E-state index in [2.05, 4.69) is 5.32 Å². The van der Waals surface area contributed by atoms with Gasteiger partial charge in [-0.2, -0.15) is 0 Å². The molecule has 1 atom stereocenters. The molecular weight excluding hydrogens is 533 g/mol. The monoisotopic (exact) mass is 567 g/mol. The van der Waals surface area contributed by atoms with E-state index in [1.165, 1.54) is 4.90 Å². The van der Waals surface area contributed by atoms with Crippen molar-refractivity contribution in [3.05, 3.63) is 63.1 Å². The molecule has 202 valence electrons. The Morgan fingerprint density at radius 3 is 2.32 bits per heavy atom. The smallest absolute Gasteiger partial charge is 0.244 e. The minimum atomic E-state index is -3.79. The highest BCUT2D eigenvalue weighted by Crippen LogP contribution is 2.26. The van der Waals surface area contributed by atoms with Gasteiger partial charge in [0.1, 0.15) is 12.6 Å². The van der Waals surface area contributed by atoms with E-state index in [4.69, 9.17) is 23.2 Å². The summed E-state index contributed by atoms with van der Waals surface area (Å²) in [6.07, 6.45) is 6.17. The predicted molar refractivity (Wildman–Crippen MR) is 150 cm³/mol. The Labute approximate surface area is 230 Å². The lowest BCUT2D eigenvalue weighted by atomic mass is 9.95. The van der Waals surface area contributed by atoms with Gasteiger partial charge in [0.25, 0.3) is 0 Å². The fourth-order valence-electron chi connectivity index (χ4n) is 4.57. The maximum Gasteiger partial charge on any atom is 0.244 e. The summed E-state index contributed by atoms with van der Waals surface area (Å²) in [7, 11) is -3.79. The molecule has 37 heavy (non-hydrogen) atoms. The number of hydrogen-bond donors (Lipinski definition) is 1. The Morgan fingerprint density at radius 1 is 1.03 bits per heavy atom. The zero-order valence-electron chi connectivity index (χ0n) is 21.8. The standard InChI is InChI=1S/C27H35Cl2N3O4S/c1-18-10-11-19(2)25(14-18)32(37(4,35)36)17-26(33)31(16-21-12-13-23(28)24(29)15-21)20(3)27(34)30-22-8-6-5-7-9-22/h10-15,20,22H,5-9,16-17H2,1-4H3,(H,30,34)/t20-/m1/s1. The van der Waals surface area contributed by atoms with Crippen LogP contribution in [0.1, 0.15) is 55.7 Å². The van der Waals surface area contributed by atoms with Crippen molar-refractivity contribution in [3.8, 4) is 0 Å². The first-order valence-corrected chi connectivity index (χ1v) is 15.1. The molecule has 0 spiro atoms. The van der Waals surface area contributed by atoms with Crippen LogP contribution >= 0.6 is 23.2 Å². The summed E-state index contributed by atoms with van der Waals surface area (Å²) in [4.78, 5) is 28.4. The van der Waals surface area contributed by atoms with E-state index < -0.39 is 28.5 Å². The van der Waals surface area contributed by atoms with Gasteiger partial charge in [-0.1, -0.05) is 60.7 Å². The van der Waals surface area contributed by atoms with Gasteiger partial charge in [0.15, 0.2) is 0 Å². The normalized spacial score (nSPS) is 15.2. The maximum atomic E-state index is 13.7. The van der Waals surface area contributed by atoms with Crippen LogP contribution in [0, 0.1) is 13.8 Å². The lowest BCUT2D eigenvalue weighted by Gasteiger charge is -2.33. The number of nitrogens with zero attached hydrogens (tertiary/aromatic N) is 2. The second-order valence-corrected chi connectivity index (χ2v) is 12.6. The molecule has 0 aromatic heterocycles. The molecular formula is C27H35Cl2N3O4S. The summed E-state index contributed by atoms with van der Waals surface area (Å²) >= 11 is 12.3. The molecule has 10 heteroatoms. The number of halogens is 2. The van der Waals surface area contributed by atoms with Crippen LogP contribution in [0.15, 0.2) is 36.4 Å². The van der Waals surface area contributed by atoms with E-state index in [9.17, 15) is 18.0 Å². The molecule has 2 amide bonds. The average Bonchev–Trinajstić information content (AvgIpc) is 2.84.